The Morgan fingerprint density at radius 2 is 2.30 bits per heavy atom. The SMILES string of the molecule is CC(=O)NCc1ccc(S(=O)(=O)N2CCCC2CN)s1. The number of carbonyl (C=O) groups is 1. The lowest BCUT2D eigenvalue weighted by atomic mass is 10.2. The Bertz CT molecular complexity index is 583. The molecule has 0 saturated carbocycles. The predicted molar refractivity (Wildman–Crippen MR) is 77.8 cm³/mol. The zero-order valence-corrected chi connectivity index (χ0v) is 13.0. The normalized spacial score (nSPS) is 20.2. The predicted octanol–water partition coefficient (Wildman–Crippen LogP) is 0.496. The number of sulfonamides is 1. The molecule has 1 saturated heterocycles. The van der Waals surface area contributed by atoms with Crippen molar-refractivity contribution in [3.05, 3.63) is 17.0 Å². The molecule has 1 fully saturated rings. The van der Waals surface area contributed by atoms with Crippen molar-refractivity contribution >= 4 is 27.3 Å². The van der Waals surface area contributed by atoms with E-state index in [1.54, 1.807) is 12.1 Å². The molecule has 0 aromatic carbocycles. The number of thiophene rings is 1. The summed E-state index contributed by atoms with van der Waals surface area (Å²) in [5.41, 5.74) is 5.63. The maximum absolute atomic E-state index is 12.5. The van der Waals surface area contributed by atoms with Crippen LogP contribution in [0.4, 0.5) is 0 Å². The van der Waals surface area contributed by atoms with Crippen LogP contribution in [0.25, 0.3) is 0 Å². The first-order valence-corrected chi connectivity index (χ1v) is 8.76. The van der Waals surface area contributed by atoms with Crippen LogP contribution in [0.2, 0.25) is 0 Å². The van der Waals surface area contributed by atoms with E-state index in [4.69, 9.17) is 5.73 Å². The van der Waals surface area contributed by atoms with E-state index in [0.29, 0.717) is 23.8 Å². The first-order chi connectivity index (χ1) is 9.45. The summed E-state index contributed by atoms with van der Waals surface area (Å²) >= 11 is 1.20. The Morgan fingerprint density at radius 1 is 1.55 bits per heavy atom. The Balaban J connectivity index is 2.15. The Kier molecular flexibility index (Phi) is 4.79. The van der Waals surface area contributed by atoms with Crippen LogP contribution in [-0.4, -0.2) is 37.8 Å². The van der Waals surface area contributed by atoms with Gasteiger partial charge in [0.25, 0.3) is 10.0 Å². The highest BCUT2D eigenvalue weighted by Crippen LogP contribution is 2.29. The lowest BCUT2D eigenvalue weighted by molar-refractivity contribution is -0.119. The van der Waals surface area contributed by atoms with Gasteiger partial charge in [0.15, 0.2) is 0 Å². The molecule has 1 aliphatic heterocycles. The Labute approximate surface area is 123 Å². The van der Waals surface area contributed by atoms with Crippen molar-refractivity contribution in [2.45, 2.75) is 36.6 Å². The summed E-state index contributed by atoms with van der Waals surface area (Å²) in [7, 11) is -3.46. The van der Waals surface area contributed by atoms with Crippen LogP contribution in [0.5, 0.6) is 0 Å². The first-order valence-electron chi connectivity index (χ1n) is 6.50. The van der Waals surface area contributed by atoms with E-state index in [-0.39, 0.29) is 11.9 Å². The quantitative estimate of drug-likeness (QED) is 0.827. The topological polar surface area (TPSA) is 92.5 Å². The summed E-state index contributed by atoms with van der Waals surface area (Å²) in [4.78, 5) is 11.7. The second kappa shape index (κ2) is 6.21. The highest BCUT2D eigenvalue weighted by molar-refractivity contribution is 7.91. The van der Waals surface area contributed by atoms with Crippen LogP contribution in [0.3, 0.4) is 0 Å². The minimum atomic E-state index is -3.46. The number of amides is 1. The van der Waals surface area contributed by atoms with Crippen molar-refractivity contribution in [2.75, 3.05) is 13.1 Å². The van der Waals surface area contributed by atoms with Gasteiger partial charge >= 0.3 is 0 Å². The van der Waals surface area contributed by atoms with Crippen molar-refractivity contribution in [3.63, 3.8) is 0 Å². The van der Waals surface area contributed by atoms with Gasteiger partial charge in [-0.05, 0) is 25.0 Å². The third-order valence-electron chi connectivity index (χ3n) is 3.31. The number of hydrogen-bond donors (Lipinski definition) is 2. The largest absolute Gasteiger partial charge is 0.351 e. The molecule has 8 heteroatoms. The van der Waals surface area contributed by atoms with Crippen molar-refractivity contribution in [3.8, 4) is 0 Å². The van der Waals surface area contributed by atoms with E-state index in [0.717, 1.165) is 17.7 Å². The van der Waals surface area contributed by atoms with Crippen molar-refractivity contribution in [1.82, 2.24) is 9.62 Å². The molecule has 0 aliphatic carbocycles. The molecule has 1 atom stereocenters. The minimum absolute atomic E-state index is 0.0964. The molecule has 1 aromatic heterocycles. The van der Waals surface area contributed by atoms with E-state index in [2.05, 4.69) is 5.32 Å². The Hall–Kier alpha value is -0.960. The second-order valence-corrected chi connectivity index (χ2v) is 8.06. The van der Waals surface area contributed by atoms with Gasteiger partial charge < -0.3 is 11.1 Å². The van der Waals surface area contributed by atoms with Crippen LogP contribution >= 0.6 is 11.3 Å². The van der Waals surface area contributed by atoms with Gasteiger partial charge in [-0.1, -0.05) is 0 Å². The molecule has 2 rings (SSSR count). The van der Waals surface area contributed by atoms with Gasteiger partial charge in [-0.3, -0.25) is 4.79 Å². The van der Waals surface area contributed by atoms with E-state index < -0.39 is 10.0 Å². The fourth-order valence-corrected chi connectivity index (χ4v) is 5.41. The summed E-state index contributed by atoms with van der Waals surface area (Å²) in [6.45, 7) is 2.67. The minimum Gasteiger partial charge on any atom is -0.351 e. The van der Waals surface area contributed by atoms with Crippen LogP contribution in [0, 0.1) is 0 Å². The fraction of sp³-hybridized carbons (Fsp3) is 0.583. The third-order valence-corrected chi connectivity index (χ3v) is 6.81. The number of carbonyl (C=O) groups excluding carboxylic acids is 1. The number of rotatable bonds is 5. The molecular weight excluding hydrogens is 298 g/mol. The number of nitrogens with one attached hydrogen (secondary N) is 1. The van der Waals surface area contributed by atoms with Crippen LogP contribution in [0.15, 0.2) is 16.3 Å². The molecule has 1 aromatic rings. The summed E-state index contributed by atoms with van der Waals surface area (Å²) in [6, 6.07) is 3.24. The molecule has 2 heterocycles. The molecule has 1 aliphatic rings. The Morgan fingerprint density at radius 3 is 2.95 bits per heavy atom. The highest BCUT2D eigenvalue weighted by Gasteiger charge is 2.35. The van der Waals surface area contributed by atoms with Gasteiger partial charge in [0.05, 0.1) is 6.54 Å². The second-order valence-electron chi connectivity index (χ2n) is 4.78. The molecule has 0 radical (unpaired) electrons. The number of nitrogens with two attached hydrogens (primary N) is 1. The van der Waals surface area contributed by atoms with Crippen LogP contribution in [-0.2, 0) is 21.4 Å². The van der Waals surface area contributed by atoms with Gasteiger partial charge in [0.2, 0.25) is 5.91 Å². The number of hydrogen-bond acceptors (Lipinski definition) is 5. The lowest BCUT2D eigenvalue weighted by Crippen LogP contribution is -2.39. The fourth-order valence-electron chi connectivity index (χ4n) is 2.28. The maximum Gasteiger partial charge on any atom is 0.252 e. The van der Waals surface area contributed by atoms with Gasteiger partial charge in [-0.2, -0.15) is 4.31 Å². The summed E-state index contributed by atoms with van der Waals surface area (Å²) in [5.74, 6) is -0.134. The van der Waals surface area contributed by atoms with Gasteiger partial charge in [0, 0.05) is 30.9 Å². The van der Waals surface area contributed by atoms with E-state index in [9.17, 15) is 13.2 Å². The molecule has 1 amide bonds. The van der Waals surface area contributed by atoms with Crippen molar-refractivity contribution < 1.29 is 13.2 Å². The lowest BCUT2D eigenvalue weighted by Gasteiger charge is -2.21. The van der Waals surface area contributed by atoms with Gasteiger partial charge in [-0.15, -0.1) is 11.3 Å². The molecule has 20 heavy (non-hydrogen) atoms. The molecule has 0 spiro atoms. The van der Waals surface area contributed by atoms with Gasteiger partial charge in [0.1, 0.15) is 4.21 Å². The zero-order valence-electron chi connectivity index (χ0n) is 11.3. The molecular formula is C12H19N3O3S2. The maximum atomic E-state index is 12.5. The summed E-state index contributed by atoms with van der Waals surface area (Å²) < 4.78 is 26.9. The third kappa shape index (κ3) is 3.20. The molecule has 3 N–H and O–H groups in total. The van der Waals surface area contributed by atoms with E-state index in [1.165, 1.54) is 22.6 Å². The standard InChI is InChI=1S/C12H19N3O3S2/c1-9(16)14-8-11-4-5-12(19-11)20(17,18)15-6-2-3-10(15)7-13/h4-5,10H,2-3,6-8,13H2,1H3,(H,14,16). The average Bonchev–Trinajstić information content (AvgIpc) is 3.05. The first kappa shape index (κ1) is 15.4. The molecule has 112 valence electrons. The highest BCUT2D eigenvalue weighted by atomic mass is 32.2. The van der Waals surface area contributed by atoms with Crippen LogP contribution < -0.4 is 11.1 Å². The number of nitrogens with zero attached hydrogens (tertiary/aromatic N) is 1. The summed E-state index contributed by atoms with van der Waals surface area (Å²) in [5, 5.41) is 2.66. The van der Waals surface area contributed by atoms with Crippen molar-refractivity contribution in [1.29, 1.82) is 0 Å². The van der Waals surface area contributed by atoms with Gasteiger partial charge in [-0.25, -0.2) is 8.42 Å². The monoisotopic (exact) mass is 317 g/mol. The smallest absolute Gasteiger partial charge is 0.252 e. The van der Waals surface area contributed by atoms with E-state index in [1.807, 2.05) is 0 Å². The average molecular weight is 317 g/mol. The molecule has 6 nitrogen and oxygen atoms in total. The molecule has 0 bridgehead atoms. The van der Waals surface area contributed by atoms with E-state index >= 15 is 0 Å². The van der Waals surface area contributed by atoms with Crippen LogP contribution in [0.1, 0.15) is 24.6 Å². The summed E-state index contributed by atoms with van der Waals surface area (Å²) in [6.07, 6.45) is 1.67. The zero-order chi connectivity index (χ0) is 14.8. The molecule has 1 unspecified atom stereocenters. The van der Waals surface area contributed by atoms with Crippen molar-refractivity contribution in [2.24, 2.45) is 5.73 Å².